The first kappa shape index (κ1) is 29.2. The number of hydrogen-bond acceptors (Lipinski definition) is 10. The van der Waals surface area contributed by atoms with Crippen LogP contribution in [0.3, 0.4) is 0 Å². The number of anilines is 3. The number of amides is 1. The summed E-state index contributed by atoms with van der Waals surface area (Å²) >= 11 is 6.47. The number of rotatable bonds is 11. The molecule has 2 unspecified atom stereocenters. The zero-order valence-corrected chi connectivity index (χ0v) is 23.9. The fraction of sp³-hybridized carbons (Fsp3) is 0.250. The lowest BCUT2D eigenvalue weighted by molar-refractivity contribution is -0.115. The molecular weight excluding hydrogens is 591 g/mol. The van der Waals surface area contributed by atoms with Crippen LogP contribution >= 0.6 is 33.2 Å². The molecule has 0 spiro atoms. The molecule has 41 heavy (non-hydrogen) atoms. The molecule has 0 radical (unpaired) electrons. The van der Waals surface area contributed by atoms with Gasteiger partial charge in [0.2, 0.25) is 5.91 Å². The summed E-state index contributed by atoms with van der Waals surface area (Å²) < 4.78 is 25.0. The van der Waals surface area contributed by atoms with E-state index in [0.717, 1.165) is 12.2 Å². The predicted molar refractivity (Wildman–Crippen MR) is 161 cm³/mol. The summed E-state index contributed by atoms with van der Waals surface area (Å²) in [6, 6.07) is 14.7. The normalized spacial score (nSPS) is 15.5. The fourth-order valence-corrected chi connectivity index (χ4v) is 6.94. The number of aromatic nitrogens is 2. The Morgan fingerprint density at radius 1 is 1.15 bits per heavy atom. The largest absolute Gasteiger partial charge is 0.489 e. The Bertz CT molecular complexity index is 1540. The second-order valence-corrected chi connectivity index (χ2v) is 12.2. The monoisotopic (exact) mass is 616 g/mol. The molecule has 4 N–H and O–H groups in total. The SMILES string of the molecule is O=C(Nc1cc2c(Nc3ccc(OCc4cccc(F)c4)c(Cl)c3)ncnc2cc1OCC(O)CO)C1CCSS1. The number of carbonyl (C=O) groups excluding carboxylic acids is 1. The van der Waals surface area contributed by atoms with E-state index >= 15 is 0 Å². The van der Waals surface area contributed by atoms with Crippen molar-refractivity contribution in [1.82, 2.24) is 9.97 Å². The Morgan fingerprint density at radius 3 is 2.78 bits per heavy atom. The minimum absolute atomic E-state index is 0.154. The van der Waals surface area contributed by atoms with E-state index in [-0.39, 0.29) is 30.2 Å². The molecule has 1 amide bonds. The van der Waals surface area contributed by atoms with E-state index in [2.05, 4.69) is 20.6 Å². The van der Waals surface area contributed by atoms with Crippen molar-refractivity contribution in [1.29, 1.82) is 0 Å². The lowest BCUT2D eigenvalue weighted by atomic mass is 10.1. The molecule has 3 aromatic carbocycles. The molecule has 214 valence electrons. The summed E-state index contributed by atoms with van der Waals surface area (Å²) in [5, 5.41) is 25.9. The maximum absolute atomic E-state index is 13.5. The number of halogens is 2. The van der Waals surface area contributed by atoms with Crippen LogP contribution in [-0.4, -0.2) is 56.4 Å². The molecule has 2 heterocycles. The van der Waals surface area contributed by atoms with Gasteiger partial charge in [0.1, 0.15) is 48.8 Å². The first-order valence-corrected chi connectivity index (χ1v) is 15.4. The van der Waals surface area contributed by atoms with Crippen LogP contribution in [0, 0.1) is 5.82 Å². The van der Waals surface area contributed by atoms with Gasteiger partial charge in [-0.3, -0.25) is 4.79 Å². The van der Waals surface area contributed by atoms with Crippen molar-refractivity contribution in [3.05, 3.63) is 77.3 Å². The molecule has 0 bridgehead atoms. The summed E-state index contributed by atoms with van der Waals surface area (Å²) in [6.07, 6.45) is 1.07. The first-order chi connectivity index (χ1) is 19.9. The number of benzene rings is 3. The summed E-state index contributed by atoms with van der Waals surface area (Å²) in [7, 11) is 3.18. The van der Waals surface area contributed by atoms with Crippen molar-refractivity contribution in [2.75, 3.05) is 29.6 Å². The van der Waals surface area contributed by atoms with Crippen LogP contribution in [-0.2, 0) is 11.4 Å². The quantitative estimate of drug-likeness (QED) is 0.159. The second-order valence-electron chi connectivity index (χ2n) is 9.11. The van der Waals surface area contributed by atoms with E-state index in [9.17, 15) is 19.4 Å². The van der Waals surface area contributed by atoms with Gasteiger partial charge >= 0.3 is 0 Å². The molecule has 1 aromatic heterocycles. The Kier molecular flexibility index (Phi) is 9.68. The number of aliphatic hydroxyl groups is 2. The number of aliphatic hydroxyl groups excluding tert-OH is 2. The highest BCUT2D eigenvalue weighted by molar-refractivity contribution is 8.77. The predicted octanol–water partition coefficient (Wildman–Crippen LogP) is 5.57. The van der Waals surface area contributed by atoms with E-state index in [1.165, 1.54) is 29.3 Å². The van der Waals surface area contributed by atoms with Gasteiger partial charge in [0.05, 0.1) is 28.1 Å². The summed E-state index contributed by atoms with van der Waals surface area (Å²) in [5.74, 6) is 1.61. The van der Waals surface area contributed by atoms with Crippen molar-refractivity contribution >= 4 is 67.2 Å². The second kappa shape index (κ2) is 13.6. The van der Waals surface area contributed by atoms with E-state index < -0.39 is 12.7 Å². The van der Waals surface area contributed by atoms with Gasteiger partial charge < -0.3 is 30.3 Å². The van der Waals surface area contributed by atoms with Crippen molar-refractivity contribution in [2.45, 2.75) is 24.4 Å². The summed E-state index contributed by atoms with van der Waals surface area (Å²) in [5.41, 5.74) is 2.23. The number of fused-ring (bicyclic) bond motifs is 1. The van der Waals surface area contributed by atoms with Crippen LogP contribution < -0.4 is 20.1 Å². The minimum Gasteiger partial charge on any atom is -0.489 e. The zero-order chi connectivity index (χ0) is 28.8. The summed E-state index contributed by atoms with van der Waals surface area (Å²) in [4.78, 5) is 21.7. The van der Waals surface area contributed by atoms with Crippen molar-refractivity contribution in [2.24, 2.45) is 0 Å². The molecule has 1 aliphatic heterocycles. The third-order valence-corrected chi connectivity index (χ3v) is 9.18. The van der Waals surface area contributed by atoms with Crippen LogP contribution in [0.4, 0.5) is 21.6 Å². The highest BCUT2D eigenvalue weighted by atomic mass is 35.5. The van der Waals surface area contributed by atoms with Crippen LogP contribution in [0.25, 0.3) is 10.9 Å². The van der Waals surface area contributed by atoms with Gasteiger partial charge in [-0.2, -0.15) is 0 Å². The third-order valence-electron chi connectivity index (χ3n) is 6.05. The molecule has 13 heteroatoms. The van der Waals surface area contributed by atoms with E-state index in [4.69, 9.17) is 21.1 Å². The van der Waals surface area contributed by atoms with Gasteiger partial charge in [-0.15, -0.1) is 0 Å². The van der Waals surface area contributed by atoms with Gasteiger partial charge in [-0.25, -0.2) is 14.4 Å². The maximum Gasteiger partial charge on any atom is 0.238 e. The number of carbonyl (C=O) groups is 1. The third kappa shape index (κ3) is 7.52. The molecule has 2 atom stereocenters. The number of nitrogens with zero attached hydrogens (tertiary/aromatic N) is 2. The molecular formula is C28H26ClFN4O5S2. The van der Waals surface area contributed by atoms with Gasteiger partial charge in [0, 0.05) is 22.9 Å². The molecule has 0 aliphatic carbocycles. The lowest BCUT2D eigenvalue weighted by Gasteiger charge is -2.17. The van der Waals surface area contributed by atoms with Gasteiger partial charge in [-0.1, -0.05) is 45.3 Å². The molecule has 1 saturated heterocycles. The Hall–Kier alpha value is -3.29. The van der Waals surface area contributed by atoms with Crippen molar-refractivity contribution in [3.8, 4) is 11.5 Å². The summed E-state index contributed by atoms with van der Waals surface area (Å²) in [6.45, 7) is -0.465. The Balaban J connectivity index is 1.38. The Labute approximate surface area is 248 Å². The molecule has 9 nitrogen and oxygen atoms in total. The van der Waals surface area contributed by atoms with Crippen LogP contribution in [0.5, 0.6) is 11.5 Å². The van der Waals surface area contributed by atoms with Crippen molar-refractivity contribution < 1.29 is 28.9 Å². The maximum atomic E-state index is 13.5. The minimum atomic E-state index is -1.08. The van der Waals surface area contributed by atoms with E-state index in [1.54, 1.807) is 53.3 Å². The fourth-order valence-electron chi connectivity index (χ4n) is 3.98. The lowest BCUT2D eigenvalue weighted by Crippen LogP contribution is -2.25. The topological polar surface area (TPSA) is 126 Å². The number of nitrogens with one attached hydrogen (secondary N) is 2. The smallest absolute Gasteiger partial charge is 0.238 e. The standard InChI is InChI=1S/C28H26ClFN4O5S2/c29-21-9-18(4-5-24(21)38-13-16-2-1-3-17(30)8-16)33-27-20-10-23(34-28(37)26-6-7-40-41-26)25(39-14-19(36)12-35)11-22(20)31-15-32-27/h1-5,8-11,15,19,26,35-36H,6-7,12-14H2,(H,34,37)(H,31,32,33). The first-order valence-electron chi connectivity index (χ1n) is 12.6. The highest BCUT2D eigenvalue weighted by Gasteiger charge is 2.25. The van der Waals surface area contributed by atoms with Gasteiger partial charge in [0.25, 0.3) is 0 Å². The average Bonchev–Trinajstić information content (AvgIpc) is 3.51. The number of ether oxygens (including phenoxy) is 2. The molecule has 1 aliphatic rings. The van der Waals surface area contributed by atoms with E-state index in [0.29, 0.717) is 50.2 Å². The molecule has 5 rings (SSSR count). The van der Waals surface area contributed by atoms with Crippen LogP contribution in [0.15, 0.2) is 60.9 Å². The molecule has 1 fully saturated rings. The average molecular weight is 617 g/mol. The number of hydrogen-bond donors (Lipinski definition) is 4. The Morgan fingerprint density at radius 2 is 2.02 bits per heavy atom. The highest BCUT2D eigenvalue weighted by Crippen LogP contribution is 2.39. The molecule has 0 saturated carbocycles. The van der Waals surface area contributed by atoms with Gasteiger partial charge in [0.15, 0.2) is 0 Å². The molecule has 4 aromatic rings. The van der Waals surface area contributed by atoms with Crippen LogP contribution in [0.1, 0.15) is 12.0 Å². The van der Waals surface area contributed by atoms with E-state index in [1.807, 2.05) is 0 Å². The van der Waals surface area contributed by atoms with Crippen LogP contribution in [0.2, 0.25) is 5.02 Å². The van der Waals surface area contributed by atoms with Gasteiger partial charge in [-0.05, 0) is 48.4 Å². The zero-order valence-electron chi connectivity index (χ0n) is 21.5. The van der Waals surface area contributed by atoms with Crippen molar-refractivity contribution in [3.63, 3.8) is 0 Å².